The lowest BCUT2D eigenvalue weighted by molar-refractivity contribution is 0.459. The molecule has 0 atom stereocenters. The summed E-state index contributed by atoms with van der Waals surface area (Å²) >= 11 is 5.69. The van der Waals surface area contributed by atoms with Crippen LogP contribution >= 0.6 is 11.6 Å². The smallest absolute Gasteiger partial charge is 0.247 e. The molecule has 0 aliphatic carbocycles. The van der Waals surface area contributed by atoms with Gasteiger partial charge in [-0.3, -0.25) is 0 Å². The van der Waals surface area contributed by atoms with Gasteiger partial charge >= 0.3 is 0 Å². The molecule has 0 spiro atoms. The monoisotopic (exact) mass is 253 g/mol. The van der Waals surface area contributed by atoms with Crippen LogP contribution in [0.2, 0.25) is 5.28 Å². The Morgan fingerprint density at radius 1 is 1.35 bits per heavy atom. The Labute approximate surface area is 102 Å². The Hall–Kier alpha value is -1.88. The van der Waals surface area contributed by atoms with Crippen LogP contribution in [0.25, 0.3) is 0 Å². The quantitative estimate of drug-likeness (QED) is 0.836. The van der Waals surface area contributed by atoms with E-state index in [-0.39, 0.29) is 16.9 Å². The van der Waals surface area contributed by atoms with Gasteiger partial charge in [-0.2, -0.15) is 4.98 Å². The normalized spacial score (nSPS) is 10.3. The summed E-state index contributed by atoms with van der Waals surface area (Å²) in [6.45, 7) is 1.68. The van der Waals surface area contributed by atoms with Gasteiger partial charge in [-0.15, -0.1) is 0 Å². The van der Waals surface area contributed by atoms with E-state index in [0.29, 0.717) is 11.4 Å². The van der Waals surface area contributed by atoms with Gasteiger partial charge in [0, 0.05) is 6.07 Å². The Kier molecular flexibility index (Phi) is 3.10. The minimum absolute atomic E-state index is 0.0307. The molecule has 0 amide bonds. The first-order valence-electron chi connectivity index (χ1n) is 4.79. The number of nitrogen functional groups attached to an aromatic ring is 1. The maximum absolute atomic E-state index is 13.0. The molecule has 0 radical (unpaired) electrons. The van der Waals surface area contributed by atoms with Gasteiger partial charge in [-0.05, 0) is 30.7 Å². The highest BCUT2D eigenvalue weighted by Gasteiger charge is 2.10. The van der Waals surface area contributed by atoms with Gasteiger partial charge in [0.05, 0.1) is 5.69 Å². The molecule has 4 nitrogen and oxygen atoms in total. The van der Waals surface area contributed by atoms with E-state index < -0.39 is 5.82 Å². The molecule has 1 heterocycles. The van der Waals surface area contributed by atoms with Crippen LogP contribution in [0.1, 0.15) is 5.69 Å². The lowest BCUT2D eigenvalue weighted by Gasteiger charge is -2.08. The van der Waals surface area contributed by atoms with Crippen LogP contribution in [-0.2, 0) is 0 Å². The first-order valence-corrected chi connectivity index (χ1v) is 5.17. The molecular weight excluding hydrogens is 245 g/mol. The van der Waals surface area contributed by atoms with Crippen molar-refractivity contribution in [2.24, 2.45) is 0 Å². The number of rotatable bonds is 2. The van der Waals surface area contributed by atoms with E-state index in [1.165, 1.54) is 18.2 Å². The van der Waals surface area contributed by atoms with Crippen molar-refractivity contribution in [2.75, 3.05) is 5.73 Å². The predicted molar refractivity (Wildman–Crippen MR) is 62.7 cm³/mol. The van der Waals surface area contributed by atoms with E-state index in [9.17, 15) is 4.39 Å². The topological polar surface area (TPSA) is 61.0 Å². The van der Waals surface area contributed by atoms with E-state index in [2.05, 4.69) is 9.97 Å². The number of aromatic nitrogens is 2. The highest BCUT2D eigenvalue weighted by molar-refractivity contribution is 6.28. The summed E-state index contributed by atoms with van der Waals surface area (Å²) in [4.78, 5) is 7.71. The molecule has 0 fully saturated rings. The number of nitrogens with two attached hydrogens (primary N) is 1. The largest absolute Gasteiger partial charge is 0.437 e. The SMILES string of the molecule is Cc1nc(Cl)nc(Oc2cccc(F)c2)c1N. The zero-order chi connectivity index (χ0) is 12.4. The summed E-state index contributed by atoms with van der Waals surface area (Å²) in [7, 11) is 0. The van der Waals surface area contributed by atoms with Gasteiger partial charge in [0.1, 0.15) is 17.3 Å². The Morgan fingerprint density at radius 3 is 2.82 bits per heavy atom. The van der Waals surface area contributed by atoms with Crippen LogP contribution in [-0.4, -0.2) is 9.97 Å². The lowest BCUT2D eigenvalue weighted by atomic mass is 10.3. The molecule has 1 aromatic carbocycles. The third kappa shape index (κ3) is 2.62. The fraction of sp³-hybridized carbons (Fsp3) is 0.0909. The second kappa shape index (κ2) is 4.55. The van der Waals surface area contributed by atoms with E-state index in [4.69, 9.17) is 22.1 Å². The van der Waals surface area contributed by atoms with Crippen molar-refractivity contribution in [3.05, 3.63) is 41.1 Å². The zero-order valence-corrected chi connectivity index (χ0v) is 9.70. The zero-order valence-electron chi connectivity index (χ0n) is 8.95. The van der Waals surface area contributed by atoms with Gasteiger partial charge in [0.15, 0.2) is 0 Å². The molecule has 17 heavy (non-hydrogen) atoms. The molecule has 0 saturated carbocycles. The number of benzene rings is 1. The Bertz CT molecular complexity index is 562. The number of nitrogens with zero attached hydrogens (tertiary/aromatic N) is 2. The van der Waals surface area contributed by atoms with Crippen molar-refractivity contribution in [1.29, 1.82) is 0 Å². The molecule has 2 N–H and O–H groups in total. The number of aryl methyl sites for hydroxylation is 1. The van der Waals surface area contributed by atoms with Crippen LogP contribution < -0.4 is 10.5 Å². The average Bonchev–Trinajstić information content (AvgIpc) is 2.25. The Balaban J connectivity index is 2.36. The second-order valence-electron chi connectivity index (χ2n) is 3.36. The minimum atomic E-state index is -0.405. The molecule has 0 aliphatic rings. The predicted octanol–water partition coefficient (Wildman–Crippen LogP) is 2.95. The van der Waals surface area contributed by atoms with Crippen molar-refractivity contribution in [1.82, 2.24) is 9.97 Å². The summed E-state index contributed by atoms with van der Waals surface area (Å²) in [5, 5.41) is 0.0307. The lowest BCUT2D eigenvalue weighted by Crippen LogP contribution is -2.00. The van der Waals surface area contributed by atoms with E-state index in [0.717, 1.165) is 0 Å². The highest BCUT2D eigenvalue weighted by atomic mass is 35.5. The molecule has 0 unspecified atom stereocenters. The van der Waals surface area contributed by atoms with Crippen LogP contribution in [0, 0.1) is 12.7 Å². The molecule has 0 bridgehead atoms. The highest BCUT2D eigenvalue weighted by Crippen LogP contribution is 2.28. The molecule has 2 rings (SSSR count). The second-order valence-corrected chi connectivity index (χ2v) is 3.69. The van der Waals surface area contributed by atoms with Gasteiger partial charge < -0.3 is 10.5 Å². The fourth-order valence-electron chi connectivity index (χ4n) is 1.24. The third-order valence-electron chi connectivity index (χ3n) is 2.08. The summed E-state index contributed by atoms with van der Waals surface area (Å²) in [6, 6.07) is 5.66. The number of hydrogen-bond donors (Lipinski definition) is 1. The van der Waals surface area contributed by atoms with Crippen molar-refractivity contribution >= 4 is 17.3 Å². The standard InChI is InChI=1S/C11H9ClFN3O/c1-6-9(14)10(16-11(12)15-6)17-8-4-2-3-7(13)5-8/h2-5H,14H2,1H3. The minimum Gasteiger partial charge on any atom is -0.437 e. The molecule has 0 aliphatic heterocycles. The third-order valence-corrected chi connectivity index (χ3v) is 2.25. The van der Waals surface area contributed by atoms with Crippen LogP contribution in [0.5, 0.6) is 11.6 Å². The Morgan fingerprint density at radius 2 is 2.12 bits per heavy atom. The maximum atomic E-state index is 13.0. The van der Waals surface area contributed by atoms with Crippen molar-refractivity contribution in [2.45, 2.75) is 6.92 Å². The first kappa shape index (κ1) is 11.6. The number of ether oxygens (including phenoxy) is 1. The van der Waals surface area contributed by atoms with Crippen LogP contribution in [0.15, 0.2) is 24.3 Å². The molecule has 1 aromatic heterocycles. The molecule has 6 heteroatoms. The van der Waals surface area contributed by atoms with Gasteiger partial charge in [0.2, 0.25) is 11.2 Å². The van der Waals surface area contributed by atoms with Crippen LogP contribution in [0.4, 0.5) is 10.1 Å². The molecule has 88 valence electrons. The van der Waals surface area contributed by atoms with E-state index in [1.54, 1.807) is 13.0 Å². The van der Waals surface area contributed by atoms with Crippen LogP contribution in [0.3, 0.4) is 0 Å². The molecular formula is C11H9ClFN3O. The van der Waals surface area contributed by atoms with Gasteiger partial charge in [0.25, 0.3) is 0 Å². The van der Waals surface area contributed by atoms with Crippen molar-refractivity contribution in [3.63, 3.8) is 0 Å². The number of hydrogen-bond acceptors (Lipinski definition) is 4. The summed E-state index contributed by atoms with van der Waals surface area (Å²) in [5.74, 6) is 0.0110. The first-order chi connectivity index (χ1) is 8.06. The molecule has 0 saturated heterocycles. The summed E-state index contributed by atoms with van der Waals surface area (Å²) < 4.78 is 18.3. The van der Waals surface area contributed by atoms with Crippen molar-refractivity contribution in [3.8, 4) is 11.6 Å². The van der Waals surface area contributed by atoms with E-state index in [1.807, 2.05) is 0 Å². The fourth-order valence-corrected chi connectivity index (χ4v) is 1.45. The van der Waals surface area contributed by atoms with Gasteiger partial charge in [-0.25, -0.2) is 9.37 Å². The summed E-state index contributed by atoms with van der Waals surface area (Å²) in [6.07, 6.45) is 0. The van der Waals surface area contributed by atoms with Crippen molar-refractivity contribution < 1.29 is 9.13 Å². The average molecular weight is 254 g/mol. The van der Waals surface area contributed by atoms with E-state index >= 15 is 0 Å². The summed E-state index contributed by atoms with van der Waals surface area (Å²) in [5.41, 5.74) is 6.52. The number of halogens is 2. The number of anilines is 1. The van der Waals surface area contributed by atoms with Gasteiger partial charge in [-0.1, -0.05) is 6.07 Å². The maximum Gasteiger partial charge on any atom is 0.247 e. The molecule has 2 aromatic rings.